The molecule has 1 saturated heterocycles. The van der Waals surface area contributed by atoms with Gasteiger partial charge in [-0.1, -0.05) is 19.3 Å². The lowest BCUT2D eigenvalue weighted by molar-refractivity contribution is -0.118. The number of hydrogen-bond donors (Lipinski definition) is 2. The van der Waals surface area contributed by atoms with Gasteiger partial charge < -0.3 is 15.5 Å². The second-order valence-corrected chi connectivity index (χ2v) is 7.23. The molecule has 0 bridgehead atoms. The van der Waals surface area contributed by atoms with Crippen LogP contribution in [0.5, 0.6) is 0 Å². The lowest BCUT2D eigenvalue weighted by Gasteiger charge is -2.41. The van der Waals surface area contributed by atoms with Crippen LogP contribution in [0.3, 0.4) is 0 Å². The monoisotopic (exact) mass is 327 g/mol. The smallest absolute Gasteiger partial charge is 0.251 e. The summed E-state index contributed by atoms with van der Waals surface area (Å²) in [5.74, 6) is 0.0340. The molecule has 1 aliphatic carbocycles. The van der Waals surface area contributed by atoms with E-state index in [0.29, 0.717) is 11.6 Å². The molecule has 4 rings (SSSR count). The van der Waals surface area contributed by atoms with Crippen molar-refractivity contribution in [2.75, 3.05) is 16.8 Å². The van der Waals surface area contributed by atoms with Crippen LogP contribution in [0.1, 0.15) is 61.7 Å². The Balaban J connectivity index is 1.53. The van der Waals surface area contributed by atoms with Gasteiger partial charge in [-0.3, -0.25) is 9.59 Å². The summed E-state index contributed by atoms with van der Waals surface area (Å²) in [4.78, 5) is 27.1. The van der Waals surface area contributed by atoms with Crippen LogP contribution in [0, 0.1) is 0 Å². The zero-order chi connectivity index (χ0) is 16.5. The summed E-state index contributed by atoms with van der Waals surface area (Å²) in [5, 5.41) is 6.14. The summed E-state index contributed by atoms with van der Waals surface area (Å²) in [6, 6.07) is 5.95. The highest BCUT2D eigenvalue weighted by Crippen LogP contribution is 2.36. The number of benzene rings is 1. The summed E-state index contributed by atoms with van der Waals surface area (Å²) in [5.41, 5.74) is 2.46. The van der Waals surface area contributed by atoms with Gasteiger partial charge in [0.2, 0.25) is 5.91 Å². The number of hydrogen-bond acceptors (Lipinski definition) is 3. The predicted molar refractivity (Wildman–Crippen MR) is 94.4 cm³/mol. The maximum absolute atomic E-state index is 12.5. The van der Waals surface area contributed by atoms with Crippen LogP contribution in [0.15, 0.2) is 18.2 Å². The summed E-state index contributed by atoms with van der Waals surface area (Å²) in [6.45, 7) is 0.915. The van der Waals surface area contributed by atoms with E-state index in [4.69, 9.17) is 0 Å². The Kier molecular flexibility index (Phi) is 4.17. The van der Waals surface area contributed by atoms with Crippen molar-refractivity contribution in [1.29, 1.82) is 0 Å². The molecule has 2 heterocycles. The molecule has 128 valence electrons. The number of amides is 2. The Morgan fingerprint density at radius 1 is 1.08 bits per heavy atom. The summed E-state index contributed by atoms with van der Waals surface area (Å²) in [6.07, 6.45) is 8.94. The molecule has 1 saturated carbocycles. The second kappa shape index (κ2) is 6.46. The van der Waals surface area contributed by atoms with E-state index in [0.717, 1.165) is 50.0 Å². The maximum atomic E-state index is 12.5. The molecule has 3 aliphatic rings. The van der Waals surface area contributed by atoms with Crippen LogP contribution in [-0.2, 0) is 4.79 Å². The molecule has 0 aromatic heterocycles. The minimum atomic E-state index is -0.0480. The van der Waals surface area contributed by atoms with Gasteiger partial charge in [0.1, 0.15) is 6.04 Å². The van der Waals surface area contributed by atoms with Gasteiger partial charge in [-0.2, -0.15) is 0 Å². The average molecular weight is 327 g/mol. The van der Waals surface area contributed by atoms with Crippen molar-refractivity contribution in [2.45, 2.75) is 63.5 Å². The van der Waals surface area contributed by atoms with E-state index in [-0.39, 0.29) is 17.9 Å². The fourth-order valence-electron chi connectivity index (χ4n) is 4.25. The molecule has 0 radical (unpaired) electrons. The number of fused-ring (bicyclic) bond motifs is 3. The number of piperidine rings is 1. The van der Waals surface area contributed by atoms with Gasteiger partial charge >= 0.3 is 0 Å². The summed E-state index contributed by atoms with van der Waals surface area (Å²) >= 11 is 0. The Morgan fingerprint density at radius 2 is 1.88 bits per heavy atom. The highest BCUT2D eigenvalue weighted by atomic mass is 16.2. The van der Waals surface area contributed by atoms with Gasteiger partial charge in [-0.05, 0) is 50.3 Å². The molecule has 0 spiro atoms. The van der Waals surface area contributed by atoms with Crippen molar-refractivity contribution in [3.63, 3.8) is 0 Å². The highest BCUT2D eigenvalue weighted by molar-refractivity contribution is 6.05. The van der Waals surface area contributed by atoms with Crippen molar-refractivity contribution in [2.24, 2.45) is 0 Å². The molecular weight excluding hydrogens is 302 g/mol. The molecular formula is C19H25N3O2. The number of carbonyl (C=O) groups is 2. The SMILES string of the molecule is O=C(NC1CCCCC1)c1ccc2c(c1)NC(=O)[C@@H]1CCCCN21. The third-order valence-corrected chi connectivity index (χ3v) is 5.57. The molecule has 1 aromatic rings. The minimum Gasteiger partial charge on any atom is -0.358 e. The zero-order valence-electron chi connectivity index (χ0n) is 14.0. The van der Waals surface area contributed by atoms with Crippen LogP contribution in [0.4, 0.5) is 11.4 Å². The predicted octanol–water partition coefficient (Wildman–Crippen LogP) is 3.06. The van der Waals surface area contributed by atoms with E-state index >= 15 is 0 Å². The highest BCUT2D eigenvalue weighted by Gasteiger charge is 2.34. The molecule has 1 atom stereocenters. The van der Waals surface area contributed by atoms with E-state index in [1.807, 2.05) is 18.2 Å². The van der Waals surface area contributed by atoms with Crippen molar-refractivity contribution >= 4 is 23.2 Å². The Labute approximate surface area is 142 Å². The molecule has 2 fully saturated rings. The van der Waals surface area contributed by atoms with E-state index in [2.05, 4.69) is 15.5 Å². The minimum absolute atomic E-state index is 0.0280. The van der Waals surface area contributed by atoms with Crippen LogP contribution in [0.2, 0.25) is 0 Å². The average Bonchev–Trinajstić information content (AvgIpc) is 2.62. The van der Waals surface area contributed by atoms with Crippen LogP contribution in [0.25, 0.3) is 0 Å². The van der Waals surface area contributed by atoms with Crippen LogP contribution < -0.4 is 15.5 Å². The molecule has 2 N–H and O–H groups in total. The van der Waals surface area contributed by atoms with Crippen molar-refractivity contribution in [3.05, 3.63) is 23.8 Å². The van der Waals surface area contributed by atoms with Gasteiger partial charge in [0.25, 0.3) is 5.91 Å². The zero-order valence-corrected chi connectivity index (χ0v) is 14.0. The first-order chi connectivity index (χ1) is 11.7. The first kappa shape index (κ1) is 15.5. The molecule has 0 unspecified atom stereocenters. The fourth-order valence-corrected chi connectivity index (χ4v) is 4.25. The van der Waals surface area contributed by atoms with E-state index in [1.54, 1.807) is 0 Å². The number of carbonyl (C=O) groups excluding carboxylic acids is 2. The van der Waals surface area contributed by atoms with Crippen molar-refractivity contribution < 1.29 is 9.59 Å². The number of nitrogens with zero attached hydrogens (tertiary/aromatic N) is 1. The Bertz CT molecular complexity index is 652. The molecule has 1 aromatic carbocycles. The lowest BCUT2D eigenvalue weighted by atomic mass is 9.95. The molecule has 5 nitrogen and oxygen atoms in total. The fraction of sp³-hybridized carbons (Fsp3) is 0.579. The third kappa shape index (κ3) is 2.87. The van der Waals surface area contributed by atoms with Gasteiger partial charge in [0, 0.05) is 18.2 Å². The maximum Gasteiger partial charge on any atom is 0.251 e. The van der Waals surface area contributed by atoms with Gasteiger partial charge in [0.15, 0.2) is 0 Å². The molecule has 5 heteroatoms. The largest absolute Gasteiger partial charge is 0.358 e. The molecule has 2 aliphatic heterocycles. The quantitative estimate of drug-likeness (QED) is 0.877. The van der Waals surface area contributed by atoms with Crippen LogP contribution >= 0.6 is 0 Å². The summed E-state index contributed by atoms with van der Waals surface area (Å²) in [7, 11) is 0. The van der Waals surface area contributed by atoms with Gasteiger partial charge in [-0.15, -0.1) is 0 Å². The number of anilines is 2. The molecule has 2 amide bonds. The van der Waals surface area contributed by atoms with Crippen LogP contribution in [-0.4, -0.2) is 30.4 Å². The Hall–Kier alpha value is -2.04. The van der Waals surface area contributed by atoms with E-state index in [1.165, 1.54) is 19.3 Å². The second-order valence-electron chi connectivity index (χ2n) is 7.23. The normalized spacial score (nSPS) is 23.9. The summed E-state index contributed by atoms with van der Waals surface area (Å²) < 4.78 is 0. The topological polar surface area (TPSA) is 61.4 Å². The first-order valence-corrected chi connectivity index (χ1v) is 9.25. The van der Waals surface area contributed by atoms with Gasteiger partial charge in [0.05, 0.1) is 11.4 Å². The molecule has 24 heavy (non-hydrogen) atoms. The lowest BCUT2D eigenvalue weighted by Crippen LogP contribution is -2.50. The van der Waals surface area contributed by atoms with Crippen molar-refractivity contribution in [3.8, 4) is 0 Å². The third-order valence-electron chi connectivity index (χ3n) is 5.57. The first-order valence-electron chi connectivity index (χ1n) is 9.25. The Morgan fingerprint density at radius 3 is 2.71 bits per heavy atom. The number of nitrogens with one attached hydrogen (secondary N) is 2. The van der Waals surface area contributed by atoms with Crippen molar-refractivity contribution in [1.82, 2.24) is 5.32 Å². The van der Waals surface area contributed by atoms with Gasteiger partial charge in [-0.25, -0.2) is 0 Å². The number of rotatable bonds is 2. The van der Waals surface area contributed by atoms with E-state index < -0.39 is 0 Å². The standard InChI is InChI=1S/C19H25N3O2/c23-18(20-14-6-2-1-3-7-14)13-9-10-16-15(12-13)21-19(24)17-8-4-5-11-22(16)17/h9-10,12,14,17H,1-8,11H2,(H,20,23)(H,21,24)/t17-/m0/s1. The van der Waals surface area contributed by atoms with E-state index in [9.17, 15) is 9.59 Å².